The molecular weight excluding hydrogens is 312 g/mol. The first-order valence-corrected chi connectivity index (χ1v) is 7.54. The molecule has 4 atom stereocenters. The largest absolute Gasteiger partial charge is 0.388 e. The maximum absolute atomic E-state index is 12.6. The summed E-state index contributed by atoms with van der Waals surface area (Å²) >= 11 is 0. The first kappa shape index (κ1) is 16.8. The van der Waals surface area contributed by atoms with Gasteiger partial charge >= 0.3 is 0 Å². The lowest BCUT2D eigenvalue weighted by atomic mass is 9.89. The molecule has 0 amide bonds. The van der Waals surface area contributed by atoms with E-state index in [4.69, 9.17) is 4.74 Å². The molecule has 24 heavy (non-hydrogen) atoms. The second-order valence-corrected chi connectivity index (χ2v) is 5.79. The molecular formula is C18H18O6. The molecule has 3 rings (SSSR count). The van der Waals surface area contributed by atoms with Crippen LogP contribution in [0.5, 0.6) is 0 Å². The van der Waals surface area contributed by atoms with E-state index in [-0.39, 0.29) is 5.56 Å². The van der Waals surface area contributed by atoms with Gasteiger partial charge in [-0.15, -0.1) is 0 Å². The molecule has 1 fully saturated rings. The van der Waals surface area contributed by atoms with Gasteiger partial charge in [0, 0.05) is 5.56 Å². The van der Waals surface area contributed by atoms with Gasteiger partial charge < -0.3 is 25.2 Å². The SMILES string of the molecule is O=C(c1cccc(-c2ccccc2)c1)[C@@]1(O)OC[C@H](O)[C@H](O)[C@H]1O. The lowest BCUT2D eigenvalue weighted by molar-refractivity contribution is -0.292. The number of Topliss-reactive ketones (excluding diaryl/α,β-unsaturated/α-hetero) is 1. The Morgan fingerprint density at radius 1 is 1.00 bits per heavy atom. The number of aliphatic hydroxyl groups excluding tert-OH is 3. The van der Waals surface area contributed by atoms with Crippen LogP contribution in [0.15, 0.2) is 54.6 Å². The second kappa shape index (κ2) is 6.43. The molecule has 0 radical (unpaired) electrons. The Hall–Kier alpha value is -2.09. The average Bonchev–Trinajstić information content (AvgIpc) is 2.63. The number of benzene rings is 2. The van der Waals surface area contributed by atoms with Crippen molar-refractivity contribution >= 4 is 5.78 Å². The van der Waals surface area contributed by atoms with Crippen molar-refractivity contribution in [3.63, 3.8) is 0 Å². The minimum Gasteiger partial charge on any atom is -0.388 e. The third-order valence-corrected chi connectivity index (χ3v) is 4.15. The number of hydrogen-bond donors (Lipinski definition) is 4. The summed E-state index contributed by atoms with van der Waals surface area (Å²) in [6.07, 6.45) is -5.00. The Bertz CT molecular complexity index is 731. The number of hydrogen-bond acceptors (Lipinski definition) is 6. The molecule has 126 valence electrons. The molecule has 6 heteroatoms. The highest BCUT2D eigenvalue weighted by Gasteiger charge is 2.53. The number of ether oxygens (including phenoxy) is 1. The maximum atomic E-state index is 12.6. The predicted octanol–water partition coefficient (Wildman–Crippen LogP) is 0.338. The fraction of sp³-hybridized carbons (Fsp3) is 0.278. The molecule has 2 aromatic rings. The van der Waals surface area contributed by atoms with Crippen LogP contribution in [0.4, 0.5) is 0 Å². The Labute approximate surface area is 138 Å². The van der Waals surface area contributed by atoms with Gasteiger partial charge in [0.1, 0.15) is 18.3 Å². The average molecular weight is 330 g/mol. The molecule has 1 aliphatic heterocycles. The molecule has 1 heterocycles. The standard InChI is InChI=1S/C18H18O6/c19-14-10-24-18(23,17(22)15(14)20)16(21)13-8-4-7-12(9-13)11-5-2-1-3-6-11/h1-9,14-15,17,19-20,22-23H,10H2/t14-,15-,17+,18+/m0/s1. The second-order valence-electron chi connectivity index (χ2n) is 5.79. The van der Waals surface area contributed by atoms with Gasteiger partial charge in [0.25, 0.3) is 5.79 Å². The highest BCUT2D eigenvalue weighted by Crippen LogP contribution is 2.29. The number of ketones is 1. The monoisotopic (exact) mass is 330 g/mol. The maximum Gasteiger partial charge on any atom is 0.260 e. The highest BCUT2D eigenvalue weighted by atomic mass is 16.7. The van der Waals surface area contributed by atoms with Crippen molar-refractivity contribution in [1.29, 1.82) is 0 Å². The minimum atomic E-state index is -2.60. The normalized spacial score (nSPS) is 30.1. The summed E-state index contributed by atoms with van der Waals surface area (Å²) in [5, 5.41) is 39.6. The summed E-state index contributed by atoms with van der Waals surface area (Å²) < 4.78 is 4.97. The minimum absolute atomic E-state index is 0.126. The van der Waals surface area contributed by atoms with Crippen molar-refractivity contribution < 1.29 is 30.0 Å². The van der Waals surface area contributed by atoms with E-state index in [1.54, 1.807) is 12.1 Å². The van der Waals surface area contributed by atoms with Crippen LogP contribution >= 0.6 is 0 Å². The summed E-state index contributed by atoms with van der Waals surface area (Å²) in [4.78, 5) is 12.6. The van der Waals surface area contributed by atoms with Crippen LogP contribution in [0, 0.1) is 0 Å². The topological polar surface area (TPSA) is 107 Å². The summed E-state index contributed by atoms with van der Waals surface area (Å²) in [7, 11) is 0. The third-order valence-electron chi connectivity index (χ3n) is 4.15. The molecule has 0 aliphatic carbocycles. The van der Waals surface area contributed by atoms with Gasteiger partial charge in [-0.05, 0) is 17.2 Å². The number of rotatable bonds is 3. The van der Waals surface area contributed by atoms with Crippen molar-refractivity contribution in [2.24, 2.45) is 0 Å². The zero-order valence-electron chi connectivity index (χ0n) is 12.7. The lowest BCUT2D eigenvalue weighted by Crippen LogP contribution is -2.64. The number of carbonyl (C=O) groups is 1. The van der Waals surface area contributed by atoms with E-state index in [1.165, 1.54) is 6.07 Å². The molecule has 4 N–H and O–H groups in total. The van der Waals surface area contributed by atoms with Gasteiger partial charge in [0.15, 0.2) is 0 Å². The van der Waals surface area contributed by atoms with Crippen LogP contribution in [0.1, 0.15) is 10.4 Å². The highest BCUT2D eigenvalue weighted by molar-refractivity contribution is 6.02. The van der Waals surface area contributed by atoms with Crippen LogP contribution in [0.2, 0.25) is 0 Å². The molecule has 1 aliphatic rings. The molecule has 0 saturated carbocycles. The van der Waals surface area contributed by atoms with Crippen LogP contribution in [0.3, 0.4) is 0 Å². The fourth-order valence-corrected chi connectivity index (χ4v) is 2.72. The van der Waals surface area contributed by atoms with Gasteiger partial charge in [0.2, 0.25) is 5.78 Å². The van der Waals surface area contributed by atoms with Gasteiger partial charge in [0.05, 0.1) is 6.61 Å². The van der Waals surface area contributed by atoms with E-state index < -0.39 is 36.5 Å². The lowest BCUT2D eigenvalue weighted by Gasteiger charge is -2.40. The molecule has 0 unspecified atom stereocenters. The van der Waals surface area contributed by atoms with E-state index >= 15 is 0 Å². The Kier molecular flexibility index (Phi) is 4.49. The molecule has 0 aromatic heterocycles. The van der Waals surface area contributed by atoms with Crippen LogP contribution in [-0.4, -0.2) is 56.9 Å². The third kappa shape index (κ3) is 2.86. The van der Waals surface area contributed by atoms with Crippen molar-refractivity contribution in [2.45, 2.75) is 24.1 Å². The summed E-state index contributed by atoms with van der Waals surface area (Å²) in [6, 6.07) is 15.9. The zero-order valence-corrected chi connectivity index (χ0v) is 12.7. The molecule has 2 aromatic carbocycles. The summed E-state index contributed by atoms with van der Waals surface area (Å²) in [5.41, 5.74) is 1.78. The van der Waals surface area contributed by atoms with Crippen LogP contribution in [0.25, 0.3) is 11.1 Å². The first-order chi connectivity index (χ1) is 11.4. The predicted molar refractivity (Wildman–Crippen MR) is 85.1 cm³/mol. The zero-order chi connectivity index (χ0) is 17.3. The molecule has 1 saturated heterocycles. The van der Waals surface area contributed by atoms with E-state index in [0.29, 0.717) is 0 Å². The van der Waals surface area contributed by atoms with E-state index in [1.807, 2.05) is 36.4 Å². The number of aliphatic hydroxyl groups is 4. The van der Waals surface area contributed by atoms with Gasteiger partial charge in [-0.3, -0.25) is 4.79 Å². The van der Waals surface area contributed by atoms with Gasteiger partial charge in [-0.2, -0.15) is 0 Å². The summed E-state index contributed by atoms with van der Waals surface area (Å²) in [6.45, 7) is -0.459. The van der Waals surface area contributed by atoms with Crippen molar-refractivity contribution in [1.82, 2.24) is 0 Å². The van der Waals surface area contributed by atoms with E-state index in [2.05, 4.69) is 0 Å². The smallest absolute Gasteiger partial charge is 0.260 e. The molecule has 0 spiro atoms. The molecule has 0 bridgehead atoms. The molecule has 6 nitrogen and oxygen atoms in total. The summed E-state index contributed by atoms with van der Waals surface area (Å²) in [5.74, 6) is -3.48. The Morgan fingerprint density at radius 2 is 1.67 bits per heavy atom. The van der Waals surface area contributed by atoms with Crippen LogP contribution < -0.4 is 0 Å². The fourth-order valence-electron chi connectivity index (χ4n) is 2.72. The van der Waals surface area contributed by atoms with Crippen molar-refractivity contribution in [3.05, 3.63) is 60.2 Å². The van der Waals surface area contributed by atoms with Crippen LogP contribution in [-0.2, 0) is 4.74 Å². The number of carbonyl (C=O) groups excluding carboxylic acids is 1. The van der Waals surface area contributed by atoms with Gasteiger partial charge in [-0.1, -0.05) is 48.5 Å². The van der Waals surface area contributed by atoms with Crippen molar-refractivity contribution in [2.75, 3.05) is 6.61 Å². The Morgan fingerprint density at radius 3 is 2.38 bits per heavy atom. The van der Waals surface area contributed by atoms with Gasteiger partial charge in [-0.25, -0.2) is 0 Å². The van der Waals surface area contributed by atoms with E-state index in [9.17, 15) is 25.2 Å². The Balaban J connectivity index is 1.93. The van der Waals surface area contributed by atoms with Crippen molar-refractivity contribution in [3.8, 4) is 11.1 Å². The van der Waals surface area contributed by atoms with E-state index in [0.717, 1.165) is 11.1 Å². The first-order valence-electron chi connectivity index (χ1n) is 7.54. The quantitative estimate of drug-likeness (QED) is 0.605.